The number of fused-ring (bicyclic) bond motifs is 1. The zero-order valence-electron chi connectivity index (χ0n) is 20.0. The molecule has 5 rings (SSSR count). The average molecular weight is 585 g/mol. The van der Waals surface area contributed by atoms with Crippen molar-refractivity contribution in [1.82, 2.24) is 4.98 Å². The van der Waals surface area contributed by atoms with Crippen LogP contribution in [0.1, 0.15) is 54.4 Å². The van der Waals surface area contributed by atoms with Crippen LogP contribution < -0.4 is 15.8 Å². The molecule has 2 aromatic carbocycles. The van der Waals surface area contributed by atoms with Gasteiger partial charge in [0.25, 0.3) is 0 Å². The maximum absolute atomic E-state index is 13.2. The molecule has 0 aliphatic heterocycles. The van der Waals surface area contributed by atoms with Crippen molar-refractivity contribution in [2.45, 2.75) is 49.0 Å². The molecule has 0 bridgehead atoms. The standard InChI is InChI=1S/C28H32IN3O3/c1-35-25-12-19(10-20(13-29)28(25)34)18-6-9-24-22(11-18)26(23(15-31-24)27(33)17-4-5-17)32-21-7-2-16(14-30)3-8-21/h6,9-12,15-17,21,34H,2-5,7-8,13-14,30H2,1H3,(H,31,32). The van der Waals surface area contributed by atoms with Crippen molar-refractivity contribution in [2.75, 3.05) is 19.0 Å². The minimum Gasteiger partial charge on any atom is -0.504 e. The number of rotatable bonds is 8. The third kappa shape index (κ3) is 4.98. The summed E-state index contributed by atoms with van der Waals surface area (Å²) in [5, 5.41) is 15.2. The molecule has 2 fully saturated rings. The number of Topliss-reactive ketones (excluding diaryl/α,β-unsaturated/α-hetero) is 1. The van der Waals surface area contributed by atoms with Gasteiger partial charge < -0.3 is 20.9 Å². The molecule has 1 aromatic heterocycles. The van der Waals surface area contributed by atoms with Crippen LogP contribution in [0.4, 0.5) is 5.69 Å². The number of phenols is 1. The Balaban J connectivity index is 1.59. The molecule has 4 N–H and O–H groups in total. The minimum absolute atomic E-state index is 0.124. The number of hydrogen-bond donors (Lipinski definition) is 3. The number of aromatic nitrogens is 1. The Morgan fingerprint density at radius 3 is 2.57 bits per heavy atom. The lowest BCUT2D eigenvalue weighted by atomic mass is 9.85. The van der Waals surface area contributed by atoms with Crippen LogP contribution in [0, 0.1) is 11.8 Å². The van der Waals surface area contributed by atoms with E-state index in [1.165, 1.54) is 0 Å². The number of ether oxygens (including phenoxy) is 1. The van der Waals surface area contributed by atoms with Crippen molar-refractivity contribution in [1.29, 1.82) is 0 Å². The van der Waals surface area contributed by atoms with Gasteiger partial charge in [0, 0.05) is 33.5 Å². The molecule has 184 valence electrons. The summed E-state index contributed by atoms with van der Waals surface area (Å²) < 4.78 is 6.10. The number of nitrogens with one attached hydrogen (secondary N) is 1. The van der Waals surface area contributed by atoms with Crippen LogP contribution in [0.25, 0.3) is 22.0 Å². The monoisotopic (exact) mass is 585 g/mol. The summed E-state index contributed by atoms with van der Waals surface area (Å²) in [6.45, 7) is 0.745. The number of pyridine rings is 1. The van der Waals surface area contributed by atoms with Gasteiger partial charge in [-0.1, -0.05) is 28.7 Å². The zero-order valence-corrected chi connectivity index (χ0v) is 22.2. The van der Waals surface area contributed by atoms with Crippen molar-refractivity contribution >= 4 is 45.0 Å². The molecule has 0 unspecified atom stereocenters. The highest BCUT2D eigenvalue weighted by Gasteiger charge is 2.33. The van der Waals surface area contributed by atoms with Crippen molar-refractivity contribution in [3.63, 3.8) is 0 Å². The number of aromatic hydroxyl groups is 1. The smallest absolute Gasteiger partial charge is 0.169 e. The number of alkyl halides is 1. The van der Waals surface area contributed by atoms with E-state index in [1.807, 2.05) is 24.3 Å². The van der Waals surface area contributed by atoms with E-state index in [4.69, 9.17) is 10.5 Å². The van der Waals surface area contributed by atoms with Crippen LogP contribution in [0.2, 0.25) is 0 Å². The molecule has 35 heavy (non-hydrogen) atoms. The number of anilines is 1. The molecule has 0 atom stereocenters. The Kier molecular flexibility index (Phi) is 7.16. The van der Waals surface area contributed by atoms with E-state index in [9.17, 15) is 9.90 Å². The number of carbonyl (C=O) groups excluding carboxylic acids is 1. The Bertz CT molecular complexity index is 1220. The van der Waals surface area contributed by atoms with Crippen molar-refractivity contribution < 1.29 is 14.6 Å². The molecule has 0 amide bonds. The number of nitrogens with two attached hydrogens (primary N) is 1. The number of hydrogen-bond acceptors (Lipinski definition) is 6. The van der Waals surface area contributed by atoms with Crippen LogP contribution in [-0.4, -0.2) is 35.6 Å². The van der Waals surface area contributed by atoms with Gasteiger partial charge in [0.05, 0.1) is 23.9 Å². The SMILES string of the molecule is COc1cc(-c2ccc3ncc(C(=O)C4CC4)c(NC4CCC(CN)CC4)c3c2)cc(CI)c1O. The van der Waals surface area contributed by atoms with E-state index in [0.29, 0.717) is 27.7 Å². The lowest BCUT2D eigenvalue weighted by Crippen LogP contribution is -2.29. The summed E-state index contributed by atoms with van der Waals surface area (Å²) in [4.78, 5) is 17.9. The highest BCUT2D eigenvalue weighted by Crippen LogP contribution is 2.40. The summed E-state index contributed by atoms with van der Waals surface area (Å²) in [6.07, 6.45) is 8.01. The van der Waals surface area contributed by atoms with Gasteiger partial charge in [0.15, 0.2) is 17.3 Å². The number of methoxy groups -OCH3 is 1. The summed E-state index contributed by atoms with van der Waals surface area (Å²) in [5.41, 5.74) is 11.2. The predicted molar refractivity (Wildman–Crippen MR) is 149 cm³/mol. The van der Waals surface area contributed by atoms with Crippen LogP contribution in [-0.2, 0) is 4.43 Å². The van der Waals surface area contributed by atoms with Gasteiger partial charge in [-0.25, -0.2) is 0 Å². The first-order valence-electron chi connectivity index (χ1n) is 12.4. The highest BCUT2D eigenvalue weighted by molar-refractivity contribution is 14.1. The summed E-state index contributed by atoms with van der Waals surface area (Å²) in [7, 11) is 1.57. The number of nitrogens with zero attached hydrogens (tertiary/aromatic N) is 1. The first kappa shape index (κ1) is 24.3. The lowest BCUT2D eigenvalue weighted by Gasteiger charge is -2.30. The van der Waals surface area contributed by atoms with Gasteiger partial charge in [-0.15, -0.1) is 0 Å². The Hall–Kier alpha value is -2.39. The lowest BCUT2D eigenvalue weighted by molar-refractivity contribution is 0.0968. The number of benzene rings is 2. The molecule has 2 aliphatic rings. The number of halogens is 1. The first-order valence-corrected chi connectivity index (χ1v) is 13.9. The van der Waals surface area contributed by atoms with Gasteiger partial charge in [-0.05, 0) is 86.4 Å². The summed E-state index contributed by atoms with van der Waals surface area (Å²) in [5.74, 6) is 1.55. The Morgan fingerprint density at radius 1 is 1.14 bits per heavy atom. The van der Waals surface area contributed by atoms with Gasteiger partial charge in [-0.3, -0.25) is 9.78 Å². The molecule has 2 saturated carbocycles. The minimum atomic E-state index is 0.124. The van der Waals surface area contributed by atoms with E-state index in [1.54, 1.807) is 13.3 Å². The van der Waals surface area contributed by atoms with Crippen LogP contribution in [0.15, 0.2) is 36.5 Å². The molecule has 0 saturated heterocycles. The maximum atomic E-state index is 13.2. The number of carbonyl (C=O) groups is 1. The average Bonchev–Trinajstić information content (AvgIpc) is 3.74. The second-order valence-corrected chi connectivity index (χ2v) is 10.6. The summed E-state index contributed by atoms with van der Waals surface area (Å²) >= 11 is 2.24. The third-order valence-electron chi connectivity index (χ3n) is 7.46. The molecule has 6 nitrogen and oxygen atoms in total. The van der Waals surface area contributed by atoms with Crippen molar-refractivity contribution in [3.05, 3.63) is 47.7 Å². The van der Waals surface area contributed by atoms with Crippen LogP contribution in [0.3, 0.4) is 0 Å². The van der Waals surface area contributed by atoms with Gasteiger partial charge in [0.1, 0.15) is 0 Å². The normalized spacial score (nSPS) is 20.1. The first-order chi connectivity index (χ1) is 17.0. The quantitative estimate of drug-likeness (QED) is 0.169. The van der Waals surface area contributed by atoms with Crippen LogP contribution >= 0.6 is 22.6 Å². The molecule has 7 heteroatoms. The van der Waals surface area contributed by atoms with E-state index in [2.05, 4.69) is 39.0 Å². The second-order valence-electron chi connectivity index (χ2n) is 9.83. The van der Waals surface area contributed by atoms with Gasteiger partial charge >= 0.3 is 0 Å². The van der Waals surface area contributed by atoms with E-state index in [-0.39, 0.29) is 17.5 Å². The maximum Gasteiger partial charge on any atom is 0.169 e. The molecule has 0 spiro atoms. The fraction of sp³-hybridized carbons (Fsp3) is 0.429. The van der Waals surface area contributed by atoms with E-state index >= 15 is 0 Å². The van der Waals surface area contributed by atoms with E-state index < -0.39 is 0 Å². The Morgan fingerprint density at radius 2 is 1.91 bits per heavy atom. The number of ketones is 1. The number of phenolic OH excluding ortho intramolecular Hbond substituents is 1. The van der Waals surface area contributed by atoms with Crippen LogP contribution in [0.5, 0.6) is 11.5 Å². The third-order valence-corrected chi connectivity index (χ3v) is 8.28. The zero-order chi connectivity index (χ0) is 24.5. The topological polar surface area (TPSA) is 97.5 Å². The molecule has 0 radical (unpaired) electrons. The van der Waals surface area contributed by atoms with Gasteiger partial charge in [-0.2, -0.15) is 0 Å². The Labute approximate surface area is 219 Å². The second kappa shape index (κ2) is 10.3. The largest absolute Gasteiger partial charge is 0.504 e. The fourth-order valence-electron chi connectivity index (χ4n) is 5.12. The summed E-state index contributed by atoms with van der Waals surface area (Å²) in [6, 6.07) is 10.3. The molecular weight excluding hydrogens is 553 g/mol. The van der Waals surface area contributed by atoms with Gasteiger partial charge in [0.2, 0.25) is 0 Å². The predicted octanol–water partition coefficient (Wildman–Crippen LogP) is 6.07. The fourth-order valence-corrected chi connectivity index (χ4v) is 5.70. The molecular formula is C28H32IN3O3. The molecule has 3 aromatic rings. The van der Waals surface area contributed by atoms with Crippen molar-refractivity contribution in [2.24, 2.45) is 17.6 Å². The van der Waals surface area contributed by atoms with E-state index in [0.717, 1.165) is 78.4 Å². The molecule has 2 aliphatic carbocycles. The highest BCUT2D eigenvalue weighted by atomic mass is 127. The molecule has 1 heterocycles. The van der Waals surface area contributed by atoms with Crippen molar-refractivity contribution in [3.8, 4) is 22.6 Å².